The van der Waals surface area contributed by atoms with Gasteiger partial charge in [-0.05, 0) is 17.9 Å². The van der Waals surface area contributed by atoms with Crippen LogP contribution in [0.1, 0.15) is 25.8 Å². The normalized spacial score (nSPS) is 12.0. The Hall–Kier alpha value is -2.04. The van der Waals surface area contributed by atoms with Gasteiger partial charge in [0.1, 0.15) is 12.6 Å². The quantitative estimate of drug-likeness (QED) is 0.869. The Morgan fingerprint density at radius 3 is 2.35 bits per heavy atom. The smallest absolute Gasteiger partial charge is 0.410 e. The molecule has 0 fully saturated rings. The molecular formula is C15H21NO4. The zero-order valence-electron chi connectivity index (χ0n) is 12.1. The first kappa shape index (κ1) is 16.0. The lowest BCUT2D eigenvalue weighted by atomic mass is 10.0. The summed E-state index contributed by atoms with van der Waals surface area (Å²) in [5.74, 6) is -0.835. The van der Waals surface area contributed by atoms with Crippen molar-refractivity contribution in [3.05, 3.63) is 35.9 Å². The van der Waals surface area contributed by atoms with E-state index in [1.807, 2.05) is 44.2 Å². The predicted octanol–water partition coefficient (Wildman–Crippen LogP) is 2.75. The first-order valence-electron chi connectivity index (χ1n) is 6.58. The highest BCUT2D eigenvalue weighted by Crippen LogP contribution is 2.12. The van der Waals surface area contributed by atoms with Crippen LogP contribution in [0, 0.1) is 5.92 Å². The lowest BCUT2D eigenvalue weighted by Crippen LogP contribution is -2.43. The molecule has 1 atom stereocenters. The van der Waals surface area contributed by atoms with Crippen molar-refractivity contribution in [2.75, 3.05) is 7.05 Å². The van der Waals surface area contributed by atoms with Crippen LogP contribution in [0.4, 0.5) is 4.79 Å². The maximum absolute atomic E-state index is 11.9. The molecule has 0 aliphatic heterocycles. The number of benzene rings is 1. The van der Waals surface area contributed by atoms with E-state index in [0.717, 1.165) is 10.5 Å². The summed E-state index contributed by atoms with van der Waals surface area (Å²) in [7, 11) is 1.45. The van der Waals surface area contributed by atoms with Crippen LogP contribution >= 0.6 is 0 Å². The second-order valence-corrected chi connectivity index (χ2v) is 5.13. The monoisotopic (exact) mass is 279 g/mol. The molecular weight excluding hydrogens is 258 g/mol. The van der Waals surface area contributed by atoms with Gasteiger partial charge in [0.25, 0.3) is 0 Å². The van der Waals surface area contributed by atoms with Crippen molar-refractivity contribution >= 4 is 12.1 Å². The number of hydrogen-bond donors (Lipinski definition) is 1. The third kappa shape index (κ3) is 4.91. The number of aliphatic carboxylic acids is 1. The second kappa shape index (κ2) is 7.53. The van der Waals surface area contributed by atoms with Crippen LogP contribution in [-0.2, 0) is 16.1 Å². The van der Waals surface area contributed by atoms with Crippen LogP contribution in [0.25, 0.3) is 0 Å². The highest BCUT2D eigenvalue weighted by atomic mass is 16.6. The zero-order chi connectivity index (χ0) is 15.1. The average Bonchev–Trinajstić information content (AvgIpc) is 2.42. The lowest BCUT2D eigenvalue weighted by Gasteiger charge is -2.25. The molecule has 0 bridgehead atoms. The van der Waals surface area contributed by atoms with E-state index in [-0.39, 0.29) is 12.5 Å². The van der Waals surface area contributed by atoms with Crippen molar-refractivity contribution in [2.45, 2.75) is 32.9 Å². The number of likely N-dealkylation sites (N-methyl/N-ethyl adjacent to an activating group) is 1. The summed E-state index contributed by atoms with van der Waals surface area (Å²) >= 11 is 0. The van der Waals surface area contributed by atoms with E-state index in [1.165, 1.54) is 7.05 Å². The van der Waals surface area contributed by atoms with Crippen LogP contribution < -0.4 is 0 Å². The first-order valence-corrected chi connectivity index (χ1v) is 6.58. The molecule has 110 valence electrons. The molecule has 20 heavy (non-hydrogen) atoms. The van der Waals surface area contributed by atoms with Crippen molar-refractivity contribution in [3.63, 3.8) is 0 Å². The summed E-state index contributed by atoms with van der Waals surface area (Å²) in [6.07, 6.45) is -0.228. The van der Waals surface area contributed by atoms with Gasteiger partial charge in [-0.2, -0.15) is 0 Å². The van der Waals surface area contributed by atoms with E-state index < -0.39 is 18.1 Å². The number of rotatable bonds is 6. The van der Waals surface area contributed by atoms with Crippen molar-refractivity contribution < 1.29 is 19.4 Å². The molecule has 0 saturated carbocycles. The fourth-order valence-corrected chi connectivity index (χ4v) is 1.82. The molecule has 0 heterocycles. The Bertz CT molecular complexity index is 444. The molecule has 0 unspecified atom stereocenters. The van der Waals surface area contributed by atoms with Gasteiger partial charge in [0, 0.05) is 7.05 Å². The average molecular weight is 279 g/mol. The van der Waals surface area contributed by atoms with Crippen LogP contribution in [0.3, 0.4) is 0 Å². The van der Waals surface area contributed by atoms with Crippen molar-refractivity contribution in [2.24, 2.45) is 5.92 Å². The number of carboxylic acids is 1. The lowest BCUT2D eigenvalue weighted by molar-refractivity contribution is -0.142. The molecule has 1 aromatic carbocycles. The van der Waals surface area contributed by atoms with Gasteiger partial charge in [-0.1, -0.05) is 44.2 Å². The van der Waals surface area contributed by atoms with E-state index in [9.17, 15) is 14.7 Å². The minimum Gasteiger partial charge on any atom is -0.480 e. The molecule has 0 spiro atoms. The Kier molecular flexibility index (Phi) is 6.03. The molecule has 1 rings (SSSR count). The molecule has 0 saturated heterocycles. The number of ether oxygens (including phenoxy) is 1. The first-order chi connectivity index (χ1) is 9.41. The number of carboxylic acid groups (broad SMARTS) is 1. The minimum absolute atomic E-state index is 0.137. The van der Waals surface area contributed by atoms with Crippen LogP contribution in [-0.4, -0.2) is 35.2 Å². The van der Waals surface area contributed by atoms with Gasteiger partial charge in [0.2, 0.25) is 0 Å². The van der Waals surface area contributed by atoms with Gasteiger partial charge in [-0.25, -0.2) is 9.59 Å². The molecule has 0 radical (unpaired) electrons. The van der Waals surface area contributed by atoms with Crippen LogP contribution in [0.15, 0.2) is 30.3 Å². The van der Waals surface area contributed by atoms with Gasteiger partial charge in [-0.3, -0.25) is 4.90 Å². The predicted molar refractivity (Wildman–Crippen MR) is 75.3 cm³/mol. The standard InChI is InChI=1S/C15H21NO4/c1-11(2)9-13(14(17)18)16(3)15(19)20-10-12-7-5-4-6-8-12/h4-8,11,13H,9-10H2,1-3H3,(H,17,18)/t13-/m1/s1. The minimum atomic E-state index is -1.02. The van der Waals surface area contributed by atoms with E-state index in [0.29, 0.717) is 6.42 Å². The fraction of sp³-hybridized carbons (Fsp3) is 0.467. The van der Waals surface area contributed by atoms with Gasteiger partial charge in [0.05, 0.1) is 0 Å². The molecule has 0 aromatic heterocycles. The summed E-state index contributed by atoms with van der Waals surface area (Å²) in [4.78, 5) is 24.2. The molecule has 5 heteroatoms. The van der Waals surface area contributed by atoms with E-state index >= 15 is 0 Å². The van der Waals surface area contributed by atoms with Gasteiger partial charge >= 0.3 is 12.1 Å². The van der Waals surface area contributed by atoms with Crippen molar-refractivity contribution in [1.29, 1.82) is 0 Å². The number of hydrogen-bond acceptors (Lipinski definition) is 3. The summed E-state index contributed by atoms with van der Waals surface area (Å²) in [6, 6.07) is 8.41. The number of nitrogens with zero attached hydrogens (tertiary/aromatic N) is 1. The summed E-state index contributed by atoms with van der Waals surface area (Å²) < 4.78 is 5.13. The van der Waals surface area contributed by atoms with Crippen molar-refractivity contribution in [3.8, 4) is 0 Å². The number of amides is 1. The maximum Gasteiger partial charge on any atom is 0.410 e. The molecule has 1 N–H and O–H groups in total. The zero-order valence-corrected chi connectivity index (χ0v) is 12.1. The van der Waals surface area contributed by atoms with E-state index in [2.05, 4.69) is 0 Å². The molecule has 1 amide bonds. The highest BCUT2D eigenvalue weighted by Gasteiger charge is 2.28. The Morgan fingerprint density at radius 1 is 1.25 bits per heavy atom. The van der Waals surface area contributed by atoms with Gasteiger partial charge in [0.15, 0.2) is 0 Å². The molecule has 5 nitrogen and oxygen atoms in total. The Morgan fingerprint density at radius 2 is 1.85 bits per heavy atom. The molecule has 0 aliphatic rings. The topological polar surface area (TPSA) is 66.8 Å². The number of carbonyl (C=O) groups excluding carboxylic acids is 1. The summed E-state index contributed by atoms with van der Waals surface area (Å²) in [5, 5.41) is 9.18. The summed E-state index contributed by atoms with van der Waals surface area (Å²) in [6.45, 7) is 3.97. The van der Waals surface area contributed by atoms with Gasteiger partial charge < -0.3 is 9.84 Å². The summed E-state index contributed by atoms with van der Waals surface area (Å²) in [5.41, 5.74) is 0.866. The molecule has 0 aliphatic carbocycles. The maximum atomic E-state index is 11.9. The van der Waals surface area contributed by atoms with Crippen LogP contribution in [0.5, 0.6) is 0 Å². The van der Waals surface area contributed by atoms with E-state index in [4.69, 9.17) is 4.74 Å². The molecule has 1 aromatic rings. The number of carbonyl (C=O) groups is 2. The largest absolute Gasteiger partial charge is 0.480 e. The third-order valence-electron chi connectivity index (χ3n) is 2.94. The SMILES string of the molecule is CC(C)C[C@H](C(=O)O)N(C)C(=O)OCc1ccccc1. The van der Waals surface area contributed by atoms with E-state index in [1.54, 1.807) is 0 Å². The van der Waals surface area contributed by atoms with Crippen LogP contribution in [0.2, 0.25) is 0 Å². The second-order valence-electron chi connectivity index (χ2n) is 5.13. The third-order valence-corrected chi connectivity index (χ3v) is 2.94. The fourth-order valence-electron chi connectivity index (χ4n) is 1.82. The Balaban J connectivity index is 2.58. The van der Waals surface area contributed by atoms with Gasteiger partial charge in [-0.15, -0.1) is 0 Å². The highest BCUT2D eigenvalue weighted by molar-refractivity contribution is 5.79. The van der Waals surface area contributed by atoms with Crippen molar-refractivity contribution in [1.82, 2.24) is 4.90 Å². The Labute approximate surface area is 119 Å².